The van der Waals surface area contributed by atoms with Crippen LogP contribution in [0.3, 0.4) is 0 Å². The molecule has 2 fully saturated rings. The maximum atomic E-state index is 12.9. The first-order chi connectivity index (χ1) is 17.0. The van der Waals surface area contributed by atoms with Crippen molar-refractivity contribution >= 4 is 46.3 Å². The van der Waals surface area contributed by atoms with Crippen LogP contribution in [-0.2, 0) is 14.3 Å². The smallest absolute Gasteiger partial charge is 0.294 e. The molecule has 0 atom stereocenters. The highest BCUT2D eigenvalue weighted by Crippen LogP contribution is 2.35. The summed E-state index contributed by atoms with van der Waals surface area (Å²) in [6.07, 6.45) is 1.62. The Bertz CT molecular complexity index is 1130. The number of ether oxygens (including phenoxy) is 3. The Morgan fingerprint density at radius 2 is 1.89 bits per heavy atom. The van der Waals surface area contributed by atoms with E-state index in [0.717, 1.165) is 35.4 Å². The van der Waals surface area contributed by atoms with Gasteiger partial charge in [0.2, 0.25) is 5.91 Å². The molecule has 9 nitrogen and oxygen atoms in total. The van der Waals surface area contributed by atoms with Crippen LogP contribution < -0.4 is 19.7 Å². The summed E-state index contributed by atoms with van der Waals surface area (Å²) in [6, 6.07) is 12.6. The Balaban J connectivity index is 1.43. The molecule has 35 heavy (non-hydrogen) atoms. The lowest BCUT2D eigenvalue weighted by Crippen LogP contribution is -2.36. The van der Waals surface area contributed by atoms with Crippen LogP contribution in [-0.4, -0.2) is 68.5 Å². The summed E-state index contributed by atoms with van der Waals surface area (Å²) in [5.41, 5.74) is 2.22. The van der Waals surface area contributed by atoms with E-state index in [1.807, 2.05) is 25.1 Å². The molecule has 4 rings (SSSR count). The van der Waals surface area contributed by atoms with E-state index in [9.17, 15) is 14.4 Å². The molecule has 2 saturated heterocycles. The van der Waals surface area contributed by atoms with Crippen molar-refractivity contribution in [3.8, 4) is 11.5 Å². The van der Waals surface area contributed by atoms with Gasteiger partial charge in [-0.05, 0) is 61.2 Å². The average molecular weight is 498 g/mol. The van der Waals surface area contributed by atoms with Crippen LogP contribution in [0.1, 0.15) is 12.5 Å². The highest BCUT2D eigenvalue weighted by molar-refractivity contribution is 8.18. The van der Waals surface area contributed by atoms with Gasteiger partial charge in [0.25, 0.3) is 11.1 Å². The van der Waals surface area contributed by atoms with Gasteiger partial charge in [-0.2, -0.15) is 0 Å². The zero-order chi connectivity index (χ0) is 24.8. The summed E-state index contributed by atoms with van der Waals surface area (Å²) < 4.78 is 16.3. The Hall–Kier alpha value is -3.50. The first-order valence-electron chi connectivity index (χ1n) is 11.3. The number of carbonyl (C=O) groups is 3. The van der Waals surface area contributed by atoms with E-state index in [1.54, 1.807) is 37.5 Å². The quantitative estimate of drug-likeness (QED) is 0.553. The number of nitrogens with one attached hydrogen (secondary N) is 1. The number of morpholine rings is 1. The fraction of sp³-hybridized carbons (Fsp3) is 0.320. The minimum Gasteiger partial charge on any atom is -0.496 e. The van der Waals surface area contributed by atoms with Gasteiger partial charge in [-0.25, -0.2) is 0 Å². The molecule has 0 saturated carbocycles. The summed E-state index contributed by atoms with van der Waals surface area (Å²) in [7, 11) is 1.56. The van der Waals surface area contributed by atoms with Gasteiger partial charge in [0.1, 0.15) is 18.0 Å². The van der Waals surface area contributed by atoms with Crippen LogP contribution in [0.25, 0.3) is 6.08 Å². The number of methoxy groups -OCH3 is 1. The fourth-order valence-corrected chi connectivity index (χ4v) is 4.59. The third-order valence-electron chi connectivity index (χ3n) is 5.50. The lowest BCUT2D eigenvalue weighted by Gasteiger charge is -2.29. The van der Waals surface area contributed by atoms with E-state index in [2.05, 4.69) is 10.2 Å². The van der Waals surface area contributed by atoms with Gasteiger partial charge >= 0.3 is 0 Å². The molecule has 10 heteroatoms. The highest BCUT2D eigenvalue weighted by atomic mass is 32.2. The average Bonchev–Trinajstić information content (AvgIpc) is 3.13. The Morgan fingerprint density at radius 1 is 1.14 bits per heavy atom. The second kappa shape index (κ2) is 11.3. The van der Waals surface area contributed by atoms with Gasteiger partial charge in [-0.1, -0.05) is 0 Å². The Morgan fingerprint density at radius 3 is 2.57 bits per heavy atom. The molecule has 3 amide bonds. The summed E-state index contributed by atoms with van der Waals surface area (Å²) in [4.78, 5) is 41.2. The van der Waals surface area contributed by atoms with Crippen LogP contribution >= 0.6 is 11.8 Å². The van der Waals surface area contributed by atoms with Gasteiger partial charge in [0.05, 0.1) is 31.8 Å². The lowest BCUT2D eigenvalue weighted by molar-refractivity contribution is -0.127. The lowest BCUT2D eigenvalue weighted by atomic mass is 10.1. The molecule has 0 bridgehead atoms. The van der Waals surface area contributed by atoms with Crippen molar-refractivity contribution in [2.75, 3.05) is 56.8 Å². The van der Waals surface area contributed by atoms with Crippen LogP contribution in [0.4, 0.5) is 16.2 Å². The zero-order valence-electron chi connectivity index (χ0n) is 19.6. The van der Waals surface area contributed by atoms with E-state index in [4.69, 9.17) is 14.2 Å². The van der Waals surface area contributed by atoms with E-state index < -0.39 is 17.1 Å². The molecule has 1 N–H and O–H groups in total. The van der Waals surface area contributed by atoms with E-state index in [0.29, 0.717) is 42.6 Å². The maximum Gasteiger partial charge on any atom is 0.294 e. The topological polar surface area (TPSA) is 97.4 Å². The van der Waals surface area contributed by atoms with Crippen molar-refractivity contribution in [2.45, 2.75) is 6.92 Å². The Kier molecular flexibility index (Phi) is 7.94. The predicted molar refractivity (Wildman–Crippen MR) is 135 cm³/mol. The van der Waals surface area contributed by atoms with Gasteiger partial charge < -0.3 is 24.4 Å². The number of carbonyl (C=O) groups excluding carboxylic acids is 3. The largest absolute Gasteiger partial charge is 0.496 e. The second-order valence-electron chi connectivity index (χ2n) is 7.80. The molecule has 0 aliphatic carbocycles. The van der Waals surface area contributed by atoms with Gasteiger partial charge in [-0.3, -0.25) is 19.3 Å². The van der Waals surface area contributed by atoms with E-state index in [-0.39, 0.29) is 11.4 Å². The molecule has 2 aromatic rings. The van der Waals surface area contributed by atoms with Crippen LogP contribution in [0, 0.1) is 0 Å². The number of hydrogen-bond donors (Lipinski definition) is 1. The fourth-order valence-electron chi connectivity index (χ4n) is 3.76. The van der Waals surface area contributed by atoms with E-state index in [1.165, 1.54) is 0 Å². The molecular weight excluding hydrogens is 470 g/mol. The van der Waals surface area contributed by atoms with Crippen LogP contribution in [0.5, 0.6) is 11.5 Å². The summed E-state index contributed by atoms with van der Waals surface area (Å²) >= 11 is 0.803. The third kappa shape index (κ3) is 5.95. The molecule has 2 aliphatic heterocycles. The number of thioether (sulfide) groups is 1. The molecular formula is C25H27N3O6S. The number of amides is 3. The van der Waals surface area contributed by atoms with Crippen LogP contribution in [0.15, 0.2) is 47.4 Å². The Labute approximate surface area is 208 Å². The third-order valence-corrected chi connectivity index (χ3v) is 6.41. The maximum absolute atomic E-state index is 12.9. The van der Waals surface area contributed by atoms with Crippen LogP contribution in [0.2, 0.25) is 0 Å². The summed E-state index contributed by atoms with van der Waals surface area (Å²) in [6.45, 7) is 4.98. The van der Waals surface area contributed by atoms with Crippen molar-refractivity contribution < 1.29 is 28.6 Å². The standard InChI is InChI=1S/C25H27N3O6S/c1-3-34-20-8-5-18(6-9-20)26-23(29)16-28-24(30)22(35-25(28)31)14-17-4-7-19(15-21(17)32-2)27-10-12-33-13-11-27/h4-9,14-15H,3,10-13,16H2,1-2H3,(H,26,29)/b22-14-. The minimum atomic E-state index is -0.513. The summed E-state index contributed by atoms with van der Waals surface area (Å²) in [5, 5.41) is 2.20. The second-order valence-corrected chi connectivity index (χ2v) is 8.79. The molecule has 0 radical (unpaired) electrons. The number of anilines is 2. The van der Waals surface area contributed by atoms with Gasteiger partial charge in [0.15, 0.2) is 0 Å². The van der Waals surface area contributed by atoms with Gasteiger partial charge in [0, 0.05) is 36.1 Å². The molecule has 0 aromatic heterocycles. The SMILES string of the molecule is CCOc1ccc(NC(=O)CN2C(=O)S/C(=C\c3ccc(N4CCOCC4)cc3OC)C2=O)cc1. The highest BCUT2D eigenvalue weighted by Gasteiger charge is 2.36. The van der Waals surface area contributed by atoms with Crippen molar-refractivity contribution in [1.29, 1.82) is 0 Å². The number of rotatable bonds is 8. The normalized spacial score (nSPS) is 17.1. The number of imide groups is 1. The first kappa shape index (κ1) is 24.6. The molecule has 0 spiro atoms. The summed E-state index contributed by atoms with van der Waals surface area (Å²) in [5.74, 6) is 0.301. The zero-order valence-corrected chi connectivity index (χ0v) is 20.4. The van der Waals surface area contributed by atoms with Gasteiger partial charge in [-0.15, -0.1) is 0 Å². The first-order valence-corrected chi connectivity index (χ1v) is 12.1. The number of nitrogens with zero attached hydrogens (tertiary/aromatic N) is 2. The van der Waals surface area contributed by atoms with Crippen molar-refractivity contribution in [3.05, 3.63) is 52.9 Å². The predicted octanol–water partition coefficient (Wildman–Crippen LogP) is 3.61. The molecule has 2 aliphatic rings. The number of hydrogen-bond acceptors (Lipinski definition) is 8. The molecule has 184 valence electrons. The van der Waals surface area contributed by atoms with Crippen molar-refractivity contribution in [2.24, 2.45) is 0 Å². The van der Waals surface area contributed by atoms with E-state index >= 15 is 0 Å². The monoisotopic (exact) mass is 497 g/mol. The minimum absolute atomic E-state index is 0.237. The molecule has 2 heterocycles. The van der Waals surface area contributed by atoms with Crippen molar-refractivity contribution in [3.63, 3.8) is 0 Å². The number of benzene rings is 2. The molecule has 0 unspecified atom stereocenters. The van der Waals surface area contributed by atoms with Crippen molar-refractivity contribution in [1.82, 2.24) is 4.90 Å². The molecule has 2 aromatic carbocycles.